The van der Waals surface area contributed by atoms with Crippen LogP contribution in [-0.4, -0.2) is 55.2 Å². The maximum Gasteiger partial charge on any atom is 0.336 e. The number of nitrogens with zero attached hydrogens (tertiary/aromatic N) is 3. The summed E-state index contributed by atoms with van der Waals surface area (Å²) in [5.74, 6) is 2.51. The van der Waals surface area contributed by atoms with Gasteiger partial charge in [0.2, 0.25) is 5.91 Å². The molecule has 2 aromatic heterocycles. The van der Waals surface area contributed by atoms with E-state index in [2.05, 4.69) is 42.2 Å². The van der Waals surface area contributed by atoms with E-state index in [1.807, 2.05) is 17.7 Å². The van der Waals surface area contributed by atoms with Gasteiger partial charge in [-0.25, -0.2) is 14.8 Å². The molecular weight excluding hydrogens is 609 g/mol. The first-order valence-electron chi connectivity index (χ1n) is 17.6. The van der Waals surface area contributed by atoms with Gasteiger partial charge in [0.1, 0.15) is 11.6 Å². The highest BCUT2D eigenvalue weighted by molar-refractivity contribution is 7.15. The highest BCUT2D eigenvalue weighted by Crippen LogP contribution is 2.58. The van der Waals surface area contributed by atoms with Gasteiger partial charge in [0.05, 0.1) is 23.0 Å². The number of carbonyl (C=O) groups excluding carboxylic acids is 2. The van der Waals surface area contributed by atoms with Crippen molar-refractivity contribution >= 4 is 29.0 Å². The maximum absolute atomic E-state index is 14.6. The second kappa shape index (κ2) is 13.4. The molecule has 0 radical (unpaired) electrons. The zero-order chi connectivity index (χ0) is 32.6. The van der Waals surface area contributed by atoms with E-state index < -0.39 is 0 Å². The molecule has 9 heteroatoms. The van der Waals surface area contributed by atoms with Gasteiger partial charge in [-0.1, -0.05) is 12.1 Å². The number of thiazole rings is 1. The van der Waals surface area contributed by atoms with Crippen molar-refractivity contribution in [2.24, 2.45) is 11.3 Å². The summed E-state index contributed by atoms with van der Waals surface area (Å²) in [5.41, 5.74) is 4.04. The van der Waals surface area contributed by atoms with E-state index in [1.165, 1.54) is 29.0 Å². The van der Waals surface area contributed by atoms with E-state index in [-0.39, 0.29) is 41.2 Å². The lowest BCUT2D eigenvalue weighted by atomic mass is 9.51. The molecule has 0 spiro atoms. The Bertz CT molecular complexity index is 1580. The van der Waals surface area contributed by atoms with Gasteiger partial charge in [-0.2, -0.15) is 0 Å². The summed E-state index contributed by atoms with van der Waals surface area (Å²) in [5, 5.41) is 3.04. The third kappa shape index (κ3) is 6.76. The average molecular weight is 658 g/mol. The van der Waals surface area contributed by atoms with Gasteiger partial charge in [0, 0.05) is 50.7 Å². The lowest BCUT2D eigenvalue weighted by Gasteiger charge is -2.55. The Kier molecular flexibility index (Phi) is 9.24. The number of methoxy groups -OCH3 is 2. The third-order valence-corrected chi connectivity index (χ3v) is 13.0. The van der Waals surface area contributed by atoms with Crippen LogP contribution in [0, 0.1) is 18.3 Å². The normalized spacial score (nSPS) is 27.0. The minimum absolute atomic E-state index is 0.0346. The summed E-state index contributed by atoms with van der Waals surface area (Å²) in [6.07, 6.45) is 16.4. The summed E-state index contributed by atoms with van der Waals surface area (Å²) in [7, 11) is 3.29. The van der Waals surface area contributed by atoms with Gasteiger partial charge in [0.15, 0.2) is 6.61 Å². The van der Waals surface area contributed by atoms with Crippen LogP contribution in [0.1, 0.15) is 99.1 Å². The summed E-state index contributed by atoms with van der Waals surface area (Å²) < 4.78 is 10.6. The number of pyridine rings is 1. The number of primary amides is 1. The van der Waals surface area contributed by atoms with Crippen LogP contribution in [0.15, 0.2) is 42.7 Å². The van der Waals surface area contributed by atoms with Crippen molar-refractivity contribution in [3.63, 3.8) is 0 Å². The minimum Gasteiger partial charge on any atom is -0.496 e. The predicted octanol–water partition coefficient (Wildman–Crippen LogP) is 6.32. The molecular formula is C38H49N4O4S+. The van der Waals surface area contributed by atoms with Gasteiger partial charge in [0.25, 0.3) is 0 Å². The van der Waals surface area contributed by atoms with Gasteiger partial charge < -0.3 is 9.47 Å². The molecule has 0 unspecified atom stereocenters. The first kappa shape index (κ1) is 32.4. The van der Waals surface area contributed by atoms with Gasteiger partial charge in [-0.3, -0.25) is 15.0 Å². The lowest BCUT2D eigenvalue weighted by molar-refractivity contribution is -0.610. The Morgan fingerprint density at radius 3 is 2.36 bits per heavy atom. The van der Waals surface area contributed by atoms with Crippen molar-refractivity contribution in [2.45, 2.75) is 101 Å². The topological polar surface area (TPSA) is 98.2 Å². The smallest absolute Gasteiger partial charge is 0.336 e. The molecule has 8 rings (SSSR count). The number of nitrogens with two attached hydrogens (primary N) is 1. The van der Waals surface area contributed by atoms with Crippen LogP contribution >= 0.6 is 11.3 Å². The molecule has 47 heavy (non-hydrogen) atoms. The van der Waals surface area contributed by atoms with Crippen LogP contribution in [0.2, 0.25) is 0 Å². The number of fused-ring (bicyclic) bond motifs is 3. The summed E-state index contributed by atoms with van der Waals surface area (Å²) >= 11 is 1.78. The number of hydrogen-bond acceptors (Lipinski definition) is 7. The first-order valence-corrected chi connectivity index (χ1v) is 18.4. The number of quaternary nitrogens is 1. The fourth-order valence-corrected chi connectivity index (χ4v) is 9.70. The molecule has 8 nitrogen and oxygen atoms in total. The van der Waals surface area contributed by atoms with Crippen LogP contribution in [0.4, 0.5) is 5.82 Å². The number of aryl methyl sites for hydroxylation is 1. The number of ether oxygens (including phenoxy) is 2. The summed E-state index contributed by atoms with van der Waals surface area (Å²) in [4.78, 5) is 39.5. The molecule has 0 saturated heterocycles. The largest absolute Gasteiger partial charge is 0.496 e. The van der Waals surface area contributed by atoms with Crippen LogP contribution < -0.4 is 15.0 Å². The molecule has 5 aliphatic carbocycles. The Morgan fingerprint density at radius 2 is 1.70 bits per heavy atom. The summed E-state index contributed by atoms with van der Waals surface area (Å²) in [6, 6.07) is 11.1. The van der Waals surface area contributed by atoms with Crippen molar-refractivity contribution in [2.75, 3.05) is 32.3 Å². The molecule has 5 fully saturated rings. The third-order valence-electron chi connectivity index (χ3n) is 11.8. The van der Waals surface area contributed by atoms with Crippen molar-refractivity contribution in [3.05, 3.63) is 58.9 Å². The van der Waals surface area contributed by atoms with Crippen LogP contribution in [-0.2, 0) is 19.7 Å². The molecule has 250 valence electrons. The number of aromatic nitrogens is 2. The highest BCUT2D eigenvalue weighted by Gasteiger charge is 2.51. The number of anilines is 1. The molecule has 2 heterocycles. The maximum atomic E-state index is 14.6. The number of hydrogen-bond donors (Lipinski definition) is 1. The van der Waals surface area contributed by atoms with Crippen molar-refractivity contribution in [1.82, 2.24) is 9.97 Å². The Morgan fingerprint density at radius 1 is 0.957 bits per heavy atom. The number of rotatable bonds is 11. The number of carbonyl (C=O) groups is 2. The van der Waals surface area contributed by atoms with E-state index in [9.17, 15) is 9.59 Å². The van der Waals surface area contributed by atoms with E-state index in [1.54, 1.807) is 25.6 Å². The Hall–Kier alpha value is -3.14. The molecule has 0 aliphatic heterocycles. The van der Waals surface area contributed by atoms with Crippen molar-refractivity contribution in [1.29, 1.82) is 0 Å². The second-order valence-corrected chi connectivity index (χ2v) is 15.9. The Labute approximate surface area is 282 Å². The van der Waals surface area contributed by atoms with Crippen molar-refractivity contribution in [3.8, 4) is 16.2 Å². The highest BCUT2D eigenvalue weighted by atomic mass is 32.1. The van der Waals surface area contributed by atoms with Crippen LogP contribution in [0.3, 0.4) is 0 Å². The zero-order valence-corrected chi connectivity index (χ0v) is 28.9. The monoisotopic (exact) mass is 657 g/mol. The van der Waals surface area contributed by atoms with Crippen LogP contribution in [0.25, 0.3) is 10.4 Å². The number of benzene rings is 1. The molecule has 2 N–H and O–H groups in total. The quantitative estimate of drug-likeness (QED) is 0.259. The SMILES string of the molecule is COCC(=O)[NH2+]C1CCC(C(=O)N(CC23CCC(c4ccc(OC)c(C)c4)(CC2)CC3)c2cc(-c3cnc(C4CC4)s3)ccn2)CC1. The molecule has 2 amide bonds. The molecule has 1 aromatic carbocycles. The van der Waals surface area contributed by atoms with E-state index >= 15 is 0 Å². The fraction of sp³-hybridized carbons (Fsp3) is 0.579. The molecule has 2 bridgehead atoms. The minimum atomic E-state index is -0.0579. The molecule has 3 aromatic rings. The Balaban J connectivity index is 1.11. The average Bonchev–Trinajstić information content (AvgIpc) is 3.84. The van der Waals surface area contributed by atoms with E-state index in [0.29, 0.717) is 12.5 Å². The second-order valence-electron chi connectivity index (χ2n) is 14.8. The molecule has 5 saturated carbocycles. The summed E-state index contributed by atoms with van der Waals surface area (Å²) in [6.45, 7) is 2.98. The standard InChI is InChI=1S/C38H48N4O4S/c1-25-20-29(8-11-31(25)46-3)38-16-13-37(14-17-38,15-18-38)24-42(36(44)27-6-9-30(10-7-27)41-34(43)23-45-2)33-21-28(12-19-39-33)32-22-40-35(47-32)26-4-5-26/h8,11-12,19-22,26-27,30H,4-7,9-10,13-18,23-24H2,1-3H3,(H,41,43)/p+1. The van der Waals surface area contributed by atoms with E-state index in [4.69, 9.17) is 19.4 Å². The van der Waals surface area contributed by atoms with Crippen LogP contribution in [0.5, 0.6) is 5.75 Å². The van der Waals surface area contributed by atoms with Gasteiger partial charge in [-0.15, -0.1) is 11.3 Å². The van der Waals surface area contributed by atoms with Crippen molar-refractivity contribution < 1.29 is 24.4 Å². The number of amides is 2. The fourth-order valence-electron chi connectivity index (χ4n) is 8.61. The molecule has 5 aliphatic rings. The first-order chi connectivity index (χ1) is 22.8. The van der Waals surface area contributed by atoms with Gasteiger partial charge in [-0.05, 0) is 117 Å². The van der Waals surface area contributed by atoms with E-state index in [0.717, 1.165) is 86.2 Å². The zero-order valence-electron chi connectivity index (χ0n) is 28.1. The lowest BCUT2D eigenvalue weighted by Crippen LogP contribution is -2.94. The predicted molar refractivity (Wildman–Crippen MR) is 184 cm³/mol. The van der Waals surface area contributed by atoms with Gasteiger partial charge >= 0.3 is 5.91 Å². The molecule has 0 atom stereocenters.